The Balaban J connectivity index is 1.89. The number of carbonyl (C=O) groups is 1. The molecule has 1 amide bonds. The van der Waals surface area contributed by atoms with E-state index >= 15 is 0 Å². The average Bonchev–Trinajstić information content (AvgIpc) is 3.24. The predicted molar refractivity (Wildman–Crippen MR) is 79.5 cm³/mol. The second-order valence-corrected chi connectivity index (χ2v) is 5.92. The van der Waals surface area contributed by atoms with Gasteiger partial charge in [0, 0.05) is 12.5 Å². The van der Waals surface area contributed by atoms with Gasteiger partial charge in [-0.2, -0.15) is 0 Å². The van der Waals surface area contributed by atoms with E-state index in [0.29, 0.717) is 12.5 Å². The van der Waals surface area contributed by atoms with Crippen molar-refractivity contribution in [3.8, 4) is 0 Å². The summed E-state index contributed by atoms with van der Waals surface area (Å²) in [6, 6.07) is 0. The number of hydrogen-bond donors (Lipinski definition) is 0. The summed E-state index contributed by atoms with van der Waals surface area (Å²) in [4.78, 5) is 13.8. The molecular weight excluding hydrogens is 234 g/mol. The molecule has 1 unspecified atom stereocenters. The highest BCUT2D eigenvalue weighted by molar-refractivity contribution is 5.82. The Hall–Kier alpha value is -1.31. The Morgan fingerprint density at radius 1 is 1.42 bits per heavy atom. The topological polar surface area (TPSA) is 20.3 Å². The van der Waals surface area contributed by atoms with Crippen LogP contribution in [0.4, 0.5) is 0 Å². The maximum Gasteiger partial charge on any atom is 0.229 e. The van der Waals surface area contributed by atoms with E-state index in [9.17, 15) is 4.79 Å². The third-order valence-electron chi connectivity index (χ3n) is 4.32. The van der Waals surface area contributed by atoms with Gasteiger partial charge in [0.15, 0.2) is 0 Å². The normalized spacial score (nSPS) is 23.8. The van der Waals surface area contributed by atoms with Crippen LogP contribution in [0.3, 0.4) is 0 Å². The maximum absolute atomic E-state index is 12.0. The van der Waals surface area contributed by atoms with Crippen LogP contribution in [0.1, 0.15) is 46.0 Å². The fourth-order valence-corrected chi connectivity index (χ4v) is 2.61. The molecule has 2 heteroatoms. The van der Waals surface area contributed by atoms with Gasteiger partial charge in [0.1, 0.15) is 0 Å². The molecule has 0 aromatic carbocycles. The lowest BCUT2D eigenvalue weighted by Gasteiger charge is -2.22. The molecule has 0 aliphatic heterocycles. The Kier molecular flexibility index (Phi) is 4.62. The fraction of sp³-hybridized carbons (Fsp3) is 0.588. The minimum absolute atomic E-state index is 0.249. The first kappa shape index (κ1) is 14.1. The second kappa shape index (κ2) is 6.23. The highest BCUT2D eigenvalue weighted by atomic mass is 16.2. The summed E-state index contributed by atoms with van der Waals surface area (Å²) in [6.07, 6.45) is 12.0. The van der Waals surface area contributed by atoms with Gasteiger partial charge in [-0.15, -0.1) is 0 Å². The van der Waals surface area contributed by atoms with Crippen molar-refractivity contribution in [2.75, 3.05) is 6.54 Å². The van der Waals surface area contributed by atoms with Crippen LogP contribution in [0, 0.1) is 11.8 Å². The quantitative estimate of drug-likeness (QED) is 0.682. The second-order valence-electron chi connectivity index (χ2n) is 5.92. The average molecular weight is 259 g/mol. The van der Waals surface area contributed by atoms with Gasteiger partial charge in [-0.1, -0.05) is 29.9 Å². The highest BCUT2D eigenvalue weighted by Crippen LogP contribution is 2.31. The van der Waals surface area contributed by atoms with E-state index in [2.05, 4.69) is 32.6 Å². The van der Waals surface area contributed by atoms with Crippen molar-refractivity contribution in [2.45, 2.75) is 46.0 Å². The fourth-order valence-electron chi connectivity index (χ4n) is 2.61. The number of nitrogens with zero attached hydrogens (tertiary/aromatic N) is 1. The standard InChI is InChI=1S/C17H25NO/c1-4-18(17(19)16-9-10-16)12-11-14(3)15-7-5-13(2)6-8-15/h4-5,11,15-16H,1,6-10,12H2,2-3H3. The summed E-state index contributed by atoms with van der Waals surface area (Å²) >= 11 is 0. The number of allylic oxidation sites excluding steroid dienone is 3. The van der Waals surface area contributed by atoms with Gasteiger partial charge in [-0.3, -0.25) is 4.79 Å². The molecule has 0 bridgehead atoms. The first-order valence-electron chi connectivity index (χ1n) is 7.37. The van der Waals surface area contributed by atoms with Gasteiger partial charge in [-0.25, -0.2) is 0 Å². The van der Waals surface area contributed by atoms with E-state index < -0.39 is 0 Å². The third-order valence-corrected chi connectivity index (χ3v) is 4.32. The molecule has 0 aromatic heterocycles. The Bertz CT molecular complexity index is 415. The molecule has 1 saturated carbocycles. The molecule has 104 valence electrons. The van der Waals surface area contributed by atoms with E-state index in [4.69, 9.17) is 0 Å². The number of carbonyl (C=O) groups excluding carboxylic acids is 1. The summed E-state index contributed by atoms with van der Waals surface area (Å²) in [7, 11) is 0. The van der Waals surface area contributed by atoms with Gasteiger partial charge < -0.3 is 4.90 Å². The molecule has 2 aliphatic rings. The Morgan fingerprint density at radius 3 is 2.68 bits per heavy atom. The summed E-state index contributed by atoms with van der Waals surface area (Å²) in [6.45, 7) is 8.85. The lowest BCUT2D eigenvalue weighted by Crippen LogP contribution is -2.27. The Morgan fingerprint density at radius 2 is 2.16 bits per heavy atom. The molecule has 0 spiro atoms. The van der Waals surface area contributed by atoms with Crippen molar-refractivity contribution in [1.82, 2.24) is 4.90 Å². The van der Waals surface area contributed by atoms with E-state index in [-0.39, 0.29) is 11.8 Å². The summed E-state index contributed by atoms with van der Waals surface area (Å²) in [5.41, 5.74) is 2.93. The van der Waals surface area contributed by atoms with Crippen molar-refractivity contribution in [1.29, 1.82) is 0 Å². The summed E-state index contributed by atoms with van der Waals surface area (Å²) in [5.74, 6) is 1.18. The zero-order chi connectivity index (χ0) is 13.8. The van der Waals surface area contributed by atoms with Crippen molar-refractivity contribution in [2.24, 2.45) is 11.8 Å². The number of amides is 1. The molecule has 0 heterocycles. The van der Waals surface area contributed by atoms with Crippen molar-refractivity contribution >= 4 is 5.91 Å². The van der Waals surface area contributed by atoms with Gasteiger partial charge in [0.2, 0.25) is 5.91 Å². The van der Waals surface area contributed by atoms with Crippen LogP contribution < -0.4 is 0 Å². The molecule has 19 heavy (non-hydrogen) atoms. The third kappa shape index (κ3) is 3.82. The van der Waals surface area contributed by atoms with Crippen molar-refractivity contribution in [3.05, 3.63) is 36.1 Å². The van der Waals surface area contributed by atoms with Crippen LogP contribution in [0.25, 0.3) is 0 Å². The first-order valence-corrected chi connectivity index (χ1v) is 7.37. The lowest BCUT2D eigenvalue weighted by atomic mass is 9.85. The molecular formula is C17H25NO. The van der Waals surface area contributed by atoms with Gasteiger partial charge in [-0.05, 0) is 58.1 Å². The maximum atomic E-state index is 12.0. The van der Waals surface area contributed by atoms with E-state index in [1.807, 2.05) is 0 Å². The zero-order valence-electron chi connectivity index (χ0n) is 12.2. The molecule has 2 nitrogen and oxygen atoms in total. The Labute approximate surface area is 116 Å². The van der Waals surface area contributed by atoms with Crippen LogP contribution in [0.2, 0.25) is 0 Å². The number of hydrogen-bond acceptors (Lipinski definition) is 1. The molecule has 1 atom stereocenters. The van der Waals surface area contributed by atoms with Crippen LogP contribution in [0.5, 0.6) is 0 Å². The molecule has 2 aliphatic carbocycles. The zero-order valence-corrected chi connectivity index (χ0v) is 12.2. The van der Waals surface area contributed by atoms with E-state index in [1.54, 1.807) is 11.1 Å². The monoisotopic (exact) mass is 259 g/mol. The van der Waals surface area contributed by atoms with E-state index in [1.165, 1.54) is 24.0 Å². The van der Waals surface area contributed by atoms with Crippen LogP contribution in [-0.4, -0.2) is 17.4 Å². The molecule has 0 saturated heterocycles. The highest BCUT2D eigenvalue weighted by Gasteiger charge is 2.32. The largest absolute Gasteiger partial charge is 0.316 e. The lowest BCUT2D eigenvalue weighted by molar-refractivity contribution is -0.129. The minimum atomic E-state index is 0.249. The van der Waals surface area contributed by atoms with Crippen molar-refractivity contribution in [3.63, 3.8) is 0 Å². The smallest absolute Gasteiger partial charge is 0.229 e. The molecule has 0 radical (unpaired) electrons. The molecule has 1 fully saturated rings. The van der Waals surface area contributed by atoms with Crippen LogP contribution in [-0.2, 0) is 4.79 Å². The minimum Gasteiger partial charge on any atom is -0.316 e. The van der Waals surface area contributed by atoms with Crippen LogP contribution in [0.15, 0.2) is 36.1 Å². The number of rotatable bonds is 5. The van der Waals surface area contributed by atoms with Crippen molar-refractivity contribution < 1.29 is 4.79 Å². The van der Waals surface area contributed by atoms with Gasteiger partial charge >= 0.3 is 0 Å². The van der Waals surface area contributed by atoms with Gasteiger partial charge in [0.05, 0.1) is 0 Å². The first-order chi connectivity index (χ1) is 9.11. The van der Waals surface area contributed by atoms with Gasteiger partial charge in [0.25, 0.3) is 0 Å². The molecule has 0 N–H and O–H groups in total. The SMILES string of the molecule is C=CN(CC=C(C)C1CC=C(C)CC1)C(=O)C1CC1. The molecule has 2 rings (SSSR count). The predicted octanol–water partition coefficient (Wildman–Crippen LogP) is 4.06. The molecule has 0 aromatic rings. The van der Waals surface area contributed by atoms with Crippen LogP contribution >= 0.6 is 0 Å². The summed E-state index contributed by atoms with van der Waals surface area (Å²) in [5, 5.41) is 0. The summed E-state index contributed by atoms with van der Waals surface area (Å²) < 4.78 is 0. The van der Waals surface area contributed by atoms with E-state index in [0.717, 1.165) is 19.3 Å².